The zero-order chi connectivity index (χ0) is 12.8. The van der Waals surface area contributed by atoms with E-state index in [4.69, 9.17) is 9.47 Å². The molecule has 0 aliphatic carbocycles. The highest BCUT2D eigenvalue weighted by atomic mass is 16.5. The van der Waals surface area contributed by atoms with Crippen molar-refractivity contribution in [1.82, 2.24) is 5.32 Å². The maximum Gasteiger partial charge on any atom is 0.251 e. The first-order chi connectivity index (χ1) is 8.79. The molecule has 1 amide bonds. The summed E-state index contributed by atoms with van der Waals surface area (Å²) < 4.78 is 11.1. The fraction of sp³-hybridized carbons (Fsp3) is 0.500. The maximum atomic E-state index is 11.6. The van der Waals surface area contributed by atoms with Crippen molar-refractivity contribution in [3.8, 4) is 5.75 Å². The van der Waals surface area contributed by atoms with Crippen molar-refractivity contribution in [1.29, 1.82) is 0 Å². The fourth-order valence-corrected chi connectivity index (χ4v) is 1.93. The van der Waals surface area contributed by atoms with Crippen LogP contribution in [0.4, 0.5) is 0 Å². The molecule has 1 heterocycles. The van der Waals surface area contributed by atoms with Crippen molar-refractivity contribution in [2.45, 2.75) is 25.9 Å². The van der Waals surface area contributed by atoms with E-state index in [2.05, 4.69) is 5.32 Å². The van der Waals surface area contributed by atoms with Gasteiger partial charge in [-0.2, -0.15) is 0 Å². The Morgan fingerprint density at radius 3 is 2.83 bits per heavy atom. The summed E-state index contributed by atoms with van der Waals surface area (Å²) >= 11 is 0. The lowest BCUT2D eigenvalue weighted by molar-refractivity contribution is 0.0679. The van der Waals surface area contributed by atoms with Crippen LogP contribution >= 0.6 is 0 Å². The van der Waals surface area contributed by atoms with Crippen molar-refractivity contribution >= 4 is 5.91 Å². The molecule has 0 aromatic heterocycles. The number of benzene rings is 1. The zero-order valence-corrected chi connectivity index (χ0v) is 10.6. The lowest BCUT2D eigenvalue weighted by atomic mass is 10.2. The summed E-state index contributed by atoms with van der Waals surface area (Å²) in [4.78, 5) is 11.6. The molecular formula is C14H19NO3. The van der Waals surface area contributed by atoms with Gasteiger partial charge in [0.2, 0.25) is 0 Å². The van der Waals surface area contributed by atoms with Crippen LogP contribution in [0.25, 0.3) is 0 Å². The van der Waals surface area contributed by atoms with Gasteiger partial charge >= 0.3 is 0 Å². The molecule has 0 spiro atoms. The smallest absolute Gasteiger partial charge is 0.251 e. The minimum absolute atomic E-state index is 0.0526. The van der Waals surface area contributed by atoms with E-state index in [1.807, 2.05) is 19.1 Å². The van der Waals surface area contributed by atoms with Gasteiger partial charge in [-0.1, -0.05) is 0 Å². The molecule has 1 saturated heterocycles. The second kappa shape index (κ2) is 6.40. The molecule has 1 N–H and O–H groups in total. The average Bonchev–Trinajstić information content (AvgIpc) is 2.90. The SMILES string of the molecule is CCNC(=O)c1ccc(OCC2CCCO2)cc1. The third kappa shape index (κ3) is 3.47. The van der Waals surface area contributed by atoms with Gasteiger partial charge in [-0.3, -0.25) is 4.79 Å². The molecule has 1 atom stereocenters. The molecule has 1 aliphatic heterocycles. The van der Waals surface area contributed by atoms with E-state index >= 15 is 0 Å². The fourth-order valence-electron chi connectivity index (χ4n) is 1.93. The second-order valence-corrected chi connectivity index (χ2v) is 4.33. The minimum atomic E-state index is -0.0526. The summed E-state index contributed by atoms with van der Waals surface area (Å²) in [5.74, 6) is 0.724. The third-order valence-electron chi connectivity index (χ3n) is 2.91. The van der Waals surface area contributed by atoms with Crippen LogP contribution in [-0.2, 0) is 4.74 Å². The van der Waals surface area contributed by atoms with Gasteiger partial charge in [0.15, 0.2) is 0 Å². The van der Waals surface area contributed by atoms with E-state index in [0.29, 0.717) is 18.7 Å². The van der Waals surface area contributed by atoms with Crippen molar-refractivity contribution in [2.24, 2.45) is 0 Å². The Hall–Kier alpha value is -1.55. The lowest BCUT2D eigenvalue weighted by Crippen LogP contribution is -2.22. The van der Waals surface area contributed by atoms with Gasteiger partial charge in [-0.25, -0.2) is 0 Å². The van der Waals surface area contributed by atoms with Gasteiger partial charge in [-0.05, 0) is 44.0 Å². The van der Waals surface area contributed by atoms with Crippen molar-refractivity contribution in [3.05, 3.63) is 29.8 Å². The van der Waals surface area contributed by atoms with Crippen LogP contribution in [-0.4, -0.2) is 31.8 Å². The maximum absolute atomic E-state index is 11.6. The summed E-state index contributed by atoms with van der Waals surface area (Å²) in [5.41, 5.74) is 0.654. The highest BCUT2D eigenvalue weighted by Gasteiger charge is 2.15. The van der Waals surface area contributed by atoms with Gasteiger partial charge in [0.05, 0.1) is 6.10 Å². The van der Waals surface area contributed by atoms with Crippen LogP contribution in [0.2, 0.25) is 0 Å². The zero-order valence-electron chi connectivity index (χ0n) is 10.6. The first-order valence-electron chi connectivity index (χ1n) is 6.42. The molecule has 1 fully saturated rings. The topological polar surface area (TPSA) is 47.6 Å². The Morgan fingerprint density at radius 1 is 1.44 bits per heavy atom. The number of hydrogen-bond acceptors (Lipinski definition) is 3. The van der Waals surface area contributed by atoms with Gasteiger partial charge in [-0.15, -0.1) is 0 Å². The van der Waals surface area contributed by atoms with E-state index < -0.39 is 0 Å². The van der Waals surface area contributed by atoms with Crippen LogP contribution in [0.5, 0.6) is 5.75 Å². The highest BCUT2D eigenvalue weighted by Crippen LogP contribution is 2.16. The van der Waals surface area contributed by atoms with Crippen LogP contribution in [0.1, 0.15) is 30.1 Å². The van der Waals surface area contributed by atoms with E-state index in [1.54, 1.807) is 12.1 Å². The van der Waals surface area contributed by atoms with Gasteiger partial charge in [0, 0.05) is 18.7 Å². The van der Waals surface area contributed by atoms with Crippen molar-refractivity contribution in [3.63, 3.8) is 0 Å². The number of carbonyl (C=O) groups is 1. The second-order valence-electron chi connectivity index (χ2n) is 4.33. The van der Waals surface area contributed by atoms with E-state index in [-0.39, 0.29) is 12.0 Å². The summed E-state index contributed by atoms with van der Waals surface area (Å²) in [7, 11) is 0. The average molecular weight is 249 g/mol. The number of ether oxygens (including phenoxy) is 2. The standard InChI is InChI=1S/C14H19NO3/c1-2-15-14(16)11-5-7-12(8-6-11)18-10-13-4-3-9-17-13/h5-8,13H,2-4,9-10H2,1H3,(H,15,16). The summed E-state index contributed by atoms with van der Waals surface area (Å²) in [5, 5.41) is 2.76. The lowest BCUT2D eigenvalue weighted by Gasteiger charge is -2.11. The minimum Gasteiger partial charge on any atom is -0.491 e. The van der Waals surface area contributed by atoms with Crippen LogP contribution in [0, 0.1) is 0 Å². The highest BCUT2D eigenvalue weighted by molar-refractivity contribution is 5.94. The number of hydrogen-bond donors (Lipinski definition) is 1. The van der Waals surface area contributed by atoms with E-state index in [9.17, 15) is 4.79 Å². The summed E-state index contributed by atoms with van der Waals surface area (Å²) in [6.45, 7) is 3.96. The van der Waals surface area contributed by atoms with E-state index in [0.717, 1.165) is 25.2 Å². The monoisotopic (exact) mass is 249 g/mol. The predicted molar refractivity (Wildman–Crippen MR) is 68.9 cm³/mol. The molecular weight excluding hydrogens is 230 g/mol. The molecule has 1 unspecified atom stereocenters. The molecule has 18 heavy (non-hydrogen) atoms. The van der Waals surface area contributed by atoms with Crippen LogP contribution in [0.15, 0.2) is 24.3 Å². The normalized spacial score (nSPS) is 18.6. The molecule has 1 aliphatic rings. The molecule has 2 rings (SSSR count). The number of carbonyl (C=O) groups excluding carboxylic acids is 1. The Labute approximate surface area is 107 Å². The number of amides is 1. The molecule has 1 aromatic rings. The molecule has 0 bridgehead atoms. The summed E-state index contributed by atoms with van der Waals surface area (Å²) in [6, 6.07) is 7.19. The van der Waals surface area contributed by atoms with Crippen LogP contribution < -0.4 is 10.1 Å². The third-order valence-corrected chi connectivity index (χ3v) is 2.91. The first-order valence-corrected chi connectivity index (χ1v) is 6.42. The van der Waals surface area contributed by atoms with Gasteiger partial charge in [0.25, 0.3) is 5.91 Å². The molecule has 1 aromatic carbocycles. The molecule has 4 heteroatoms. The molecule has 98 valence electrons. The van der Waals surface area contributed by atoms with Crippen molar-refractivity contribution < 1.29 is 14.3 Å². The molecule has 0 radical (unpaired) electrons. The number of nitrogens with one attached hydrogen (secondary N) is 1. The molecule has 0 saturated carbocycles. The van der Waals surface area contributed by atoms with Gasteiger partial charge in [0.1, 0.15) is 12.4 Å². The largest absolute Gasteiger partial charge is 0.491 e. The summed E-state index contributed by atoms with van der Waals surface area (Å²) in [6.07, 6.45) is 2.40. The Balaban J connectivity index is 1.85. The van der Waals surface area contributed by atoms with E-state index in [1.165, 1.54) is 0 Å². The Bertz CT molecular complexity index is 383. The quantitative estimate of drug-likeness (QED) is 0.868. The van der Waals surface area contributed by atoms with Gasteiger partial charge < -0.3 is 14.8 Å². The molecule has 4 nitrogen and oxygen atoms in total. The Kier molecular flexibility index (Phi) is 4.59. The van der Waals surface area contributed by atoms with Crippen molar-refractivity contribution in [2.75, 3.05) is 19.8 Å². The number of rotatable bonds is 5. The predicted octanol–water partition coefficient (Wildman–Crippen LogP) is 1.99. The first kappa shape index (κ1) is 12.9. The Morgan fingerprint density at radius 2 is 2.22 bits per heavy atom. The van der Waals surface area contributed by atoms with Crippen LogP contribution in [0.3, 0.4) is 0 Å².